The Morgan fingerprint density at radius 1 is 1.26 bits per heavy atom. The zero-order valence-electron chi connectivity index (χ0n) is 13.8. The summed E-state index contributed by atoms with van der Waals surface area (Å²) < 4.78 is 0. The van der Waals surface area contributed by atoms with Crippen molar-refractivity contribution >= 4 is 5.71 Å². The van der Waals surface area contributed by atoms with Gasteiger partial charge in [0, 0.05) is 11.3 Å². The predicted octanol–water partition coefficient (Wildman–Crippen LogP) is 3.22. The number of hydrogen-bond acceptors (Lipinski definition) is 4. The number of aromatic hydroxyl groups is 1. The molecule has 0 aliphatic heterocycles. The molecule has 5 atom stereocenters. The summed E-state index contributed by atoms with van der Waals surface area (Å²) in [7, 11) is 1.61. The number of benzene rings is 1. The van der Waals surface area contributed by atoms with E-state index in [1.54, 1.807) is 13.2 Å². The number of phenolic OH excluding ortho intramolecular Hbond substituents is 1. The van der Waals surface area contributed by atoms with Crippen LogP contribution in [0.5, 0.6) is 5.75 Å². The Kier molecular flexibility index (Phi) is 3.41. The molecular formula is C19H25NO3. The van der Waals surface area contributed by atoms with Crippen molar-refractivity contribution in [1.29, 1.82) is 0 Å². The average molecular weight is 315 g/mol. The van der Waals surface area contributed by atoms with Gasteiger partial charge in [0.15, 0.2) is 0 Å². The monoisotopic (exact) mass is 315 g/mol. The number of aliphatic hydroxyl groups is 1. The Morgan fingerprint density at radius 3 is 2.87 bits per heavy atom. The molecule has 2 fully saturated rings. The Labute approximate surface area is 137 Å². The van der Waals surface area contributed by atoms with Crippen LogP contribution in [0.25, 0.3) is 0 Å². The number of oxime groups is 1. The van der Waals surface area contributed by atoms with Gasteiger partial charge < -0.3 is 15.1 Å². The summed E-state index contributed by atoms with van der Waals surface area (Å²) in [6.07, 6.45) is 4.58. The molecule has 1 aromatic rings. The number of fused-ring (bicyclic) bond motifs is 5. The lowest BCUT2D eigenvalue weighted by Crippen LogP contribution is -2.49. The fourth-order valence-electron chi connectivity index (χ4n) is 5.70. The first-order chi connectivity index (χ1) is 11.0. The molecule has 2 N–H and O–H groups in total. The summed E-state index contributed by atoms with van der Waals surface area (Å²) in [5.41, 5.74) is 3.53. The minimum Gasteiger partial charge on any atom is -0.508 e. The summed E-state index contributed by atoms with van der Waals surface area (Å²) >= 11 is 0. The molecule has 0 heterocycles. The van der Waals surface area contributed by atoms with E-state index < -0.39 is 0 Å². The van der Waals surface area contributed by atoms with Crippen molar-refractivity contribution in [2.45, 2.75) is 51.0 Å². The second-order valence-corrected chi connectivity index (χ2v) is 7.67. The second-order valence-electron chi connectivity index (χ2n) is 7.67. The lowest BCUT2D eigenvalue weighted by atomic mass is 9.54. The van der Waals surface area contributed by atoms with Crippen molar-refractivity contribution in [3.63, 3.8) is 0 Å². The average Bonchev–Trinajstić information content (AvgIpc) is 2.83. The predicted molar refractivity (Wildman–Crippen MR) is 88.6 cm³/mol. The van der Waals surface area contributed by atoms with Crippen molar-refractivity contribution in [3.8, 4) is 5.75 Å². The van der Waals surface area contributed by atoms with E-state index in [1.165, 1.54) is 11.1 Å². The van der Waals surface area contributed by atoms with Crippen LogP contribution in [-0.2, 0) is 11.3 Å². The van der Waals surface area contributed by atoms with Crippen molar-refractivity contribution in [2.75, 3.05) is 7.11 Å². The quantitative estimate of drug-likeness (QED) is 0.782. The zero-order valence-corrected chi connectivity index (χ0v) is 13.8. The first-order valence-corrected chi connectivity index (χ1v) is 8.65. The van der Waals surface area contributed by atoms with Crippen LogP contribution in [-0.4, -0.2) is 29.1 Å². The highest BCUT2D eigenvalue weighted by molar-refractivity contribution is 5.92. The Hall–Kier alpha value is -1.55. The third-order valence-electron chi connectivity index (χ3n) is 6.63. The van der Waals surface area contributed by atoms with E-state index in [1.807, 2.05) is 12.1 Å². The van der Waals surface area contributed by atoms with Gasteiger partial charge in [-0.05, 0) is 67.2 Å². The Balaban J connectivity index is 1.74. The molecule has 3 aliphatic carbocycles. The number of hydrogen-bond donors (Lipinski definition) is 2. The van der Waals surface area contributed by atoms with Gasteiger partial charge in [0.2, 0.25) is 0 Å². The van der Waals surface area contributed by atoms with E-state index in [0.717, 1.165) is 37.8 Å². The summed E-state index contributed by atoms with van der Waals surface area (Å²) in [5, 5.41) is 25.0. The van der Waals surface area contributed by atoms with Gasteiger partial charge in [-0.25, -0.2) is 0 Å². The fourth-order valence-corrected chi connectivity index (χ4v) is 5.70. The lowest BCUT2D eigenvalue weighted by Gasteiger charge is -2.51. The maximum atomic E-state index is 11.0. The van der Waals surface area contributed by atoms with E-state index in [4.69, 9.17) is 4.84 Å². The zero-order chi connectivity index (χ0) is 16.2. The molecule has 4 rings (SSSR count). The molecule has 0 unspecified atom stereocenters. The molecule has 4 heteroatoms. The molecule has 23 heavy (non-hydrogen) atoms. The summed E-state index contributed by atoms with van der Waals surface area (Å²) in [5.74, 6) is 1.57. The molecule has 3 aliphatic rings. The first-order valence-electron chi connectivity index (χ1n) is 8.65. The number of aryl methyl sites for hydroxylation is 1. The fraction of sp³-hybridized carbons (Fsp3) is 0.632. The van der Waals surface area contributed by atoms with Crippen molar-refractivity contribution < 1.29 is 15.1 Å². The molecular weight excluding hydrogens is 290 g/mol. The lowest BCUT2D eigenvalue weighted by molar-refractivity contribution is -0.0160. The maximum absolute atomic E-state index is 11.0. The van der Waals surface area contributed by atoms with E-state index in [0.29, 0.717) is 17.6 Å². The van der Waals surface area contributed by atoms with E-state index >= 15 is 0 Å². The SMILES string of the molecule is CO/N=C1/CC[C@H]2[C@@H]3CCc4cc(O)ccc4[C@H]3[C@@H](O)C[C@]12C. The molecule has 2 saturated carbocycles. The van der Waals surface area contributed by atoms with Crippen LogP contribution >= 0.6 is 0 Å². The standard InChI is InChI=1S/C19H25NO3/c1-19-10-16(22)18-13-6-4-12(21)9-11(13)3-5-14(18)15(19)7-8-17(19)20-23-2/h4,6,9,14-16,18,21-22H,3,5,7-8,10H2,1-2H3/b20-17-/t14-,15-,16-,18+,19-/m0/s1. The molecule has 0 bridgehead atoms. The summed E-state index contributed by atoms with van der Waals surface area (Å²) in [6, 6.07) is 5.65. The van der Waals surface area contributed by atoms with Gasteiger partial charge in [0.1, 0.15) is 12.9 Å². The van der Waals surface area contributed by atoms with Gasteiger partial charge >= 0.3 is 0 Å². The smallest absolute Gasteiger partial charge is 0.115 e. The van der Waals surface area contributed by atoms with Crippen LogP contribution in [0, 0.1) is 17.3 Å². The van der Waals surface area contributed by atoms with Crippen LogP contribution in [0.3, 0.4) is 0 Å². The van der Waals surface area contributed by atoms with Crippen LogP contribution in [0.15, 0.2) is 23.4 Å². The normalized spacial score (nSPS) is 40.4. The van der Waals surface area contributed by atoms with Gasteiger partial charge in [-0.15, -0.1) is 0 Å². The van der Waals surface area contributed by atoms with E-state index in [2.05, 4.69) is 12.1 Å². The third-order valence-corrected chi connectivity index (χ3v) is 6.63. The second kappa shape index (κ2) is 5.23. The van der Waals surface area contributed by atoms with E-state index in [-0.39, 0.29) is 17.4 Å². The first kappa shape index (κ1) is 15.0. The molecule has 0 saturated heterocycles. The molecule has 1 aromatic carbocycles. The Bertz CT molecular complexity index is 656. The van der Waals surface area contributed by atoms with Crippen molar-refractivity contribution in [3.05, 3.63) is 29.3 Å². The number of rotatable bonds is 1. The van der Waals surface area contributed by atoms with Crippen molar-refractivity contribution in [1.82, 2.24) is 0 Å². The molecule has 0 radical (unpaired) electrons. The van der Waals surface area contributed by atoms with Gasteiger partial charge in [-0.2, -0.15) is 0 Å². The van der Waals surface area contributed by atoms with Gasteiger partial charge in [-0.1, -0.05) is 18.1 Å². The largest absolute Gasteiger partial charge is 0.508 e. The number of phenols is 1. The minimum atomic E-state index is -0.356. The van der Waals surface area contributed by atoms with Crippen LogP contribution in [0.2, 0.25) is 0 Å². The Morgan fingerprint density at radius 2 is 2.09 bits per heavy atom. The molecule has 0 amide bonds. The van der Waals surface area contributed by atoms with Crippen molar-refractivity contribution in [2.24, 2.45) is 22.4 Å². The minimum absolute atomic E-state index is 0.0367. The summed E-state index contributed by atoms with van der Waals surface area (Å²) in [4.78, 5) is 5.06. The van der Waals surface area contributed by atoms with Gasteiger partial charge in [0.05, 0.1) is 11.8 Å². The highest BCUT2D eigenvalue weighted by Gasteiger charge is 2.56. The summed E-state index contributed by atoms with van der Waals surface area (Å²) in [6.45, 7) is 2.26. The number of nitrogens with zero attached hydrogens (tertiary/aromatic N) is 1. The molecule has 4 nitrogen and oxygen atoms in total. The van der Waals surface area contributed by atoms with Crippen LogP contribution < -0.4 is 0 Å². The van der Waals surface area contributed by atoms with Crippen LogP contribution in [0.1, 0.15) is 49.7 Å². The highest BCUT2D eigenvalue weighted by Crippen LogP contribution is 2.60. The third kappa shape index (κ3) is 2.11. The van der Waals surface area contributed by atoms with Gasteiger partial charge in [0.25, 0.3) is 0 Å². The molecule has 0 aromatic heterocycles. The van der Waals surface area contributed by atoms with Crippen LogP contribution in [0.4, 0.5) is 0 Å². The molecule has 0 spiro atoms. The molecule has 124 valence electrons. The topological polar surface area (TPSA) is 62.0 Å². The number of aliphatic hydroxyl groups excluding tert-OH is 1. The highest BCUT2D eigenvalue weighted by atomic mass is 16.6. The van der Waals surface area contributed by atoms with Gasteiger partial charge in [-0.3, -0.25) is 0 Å². The van der Waals surface area contributed by atoms with E-state index in [9.17, 15) is 10.2 Å². The maximum Gasteiger partial charge on any atom is 0.115 e.